The molecule has 3 nitrogen and oxygen atoms in total. The Morgan fingerprint density at radius 1 is 1.18 bits per heavy atom. The van der Waals surface area contributed by atoms with Crippen LogP contribution in [0.5, 0.6) is 5.75 Å². The SMILES string of the molecule is COc1ccc2c(c1)c(C=O)c(C)n2Cc1ccc(Br)cc1. The van der Waals surface area contributed by atoms with Gasteiger partial charge in [0.1, 0.15) is 5.75 Å². The van der Waals surface area contributed by atoms with Crippen molar-refractivity contribution in [2.75, 3.05) is 7.11 Å². The van der Waals surface area contributed by atoms with Crippen LogP contribution >= 0.6 is 15.9 Å². The highest BCUT2D eigenvalue weighted by Gasteiger charge is 2.14. The fraction of sp³-hybridized carbons (Fsp3) is 0.167. The van der Waals surface area contributed by atoms with E-state index >= 15 is 0 Å². The fourth-order valence-corrected chi connectivity index (χ4v) is 3.00. The topological polar surface area (TPSA) is 31.2 Å². The molecule has 1 aromatic heterocycles. The maximum Gasteiger partial charge on any atom is 0.152 e. The minimum Gasteiger partial charge on any atom is -0.497 e. The molecule has 0 aliphatic heterocycles. The molecule has 22 heavy (non-hydrogen) atoms. The molecular formula is C18H16BrNO2. The van der Waals surface area contributed by atoms with Gasteiger partial charge in [-0.2, -0.15) is 0 Å². The number of aromatic nitrogens is 1. The zero-order valence-electron chi connectivity index (χ0n) is 12.5. The average molecular weight is 358 g/mol. The molecule has 0 fully saturated rings. The number of fused-ring (bicyclic) bond motifs is 1. The Hall–Kier alpha value is -2.07. The molecule has 0 bridgehead atoms. The fourth-order valence-electron chi connectivity index (χ4n) is 2.74. The maximum atomic E-state index is 11.5. The van der Waals surface area contributed by atoms with Crippen LogP contribution in [0, 0.1) is 6.92 Å². The predicted molar refractivity (Wildman–Crippen MR) is 91.9 cm³/mol. The highest BCUT2D eigenvalue weighted by Crippen LogP contribution is 2.29. The molecule has 0 radical (unpaired) electrons. The standard InChI is InChI=1S/C18H16BrNO2/c1-12-17(11-21)16-9-15(22-2)7-8-18(16)20(12)10-13-3-5-14(19)6-4-13/h3-9,11H,10H2,1-2H3. The molecule has 0 aliphatic carbocycles. The Balaban J connectivity index is 2.14. The monoisotopic (exact) mass is 357 g/mol. The van der Waals surface area contributed by atoms with Gasteiger partial charge >= 0.3 is 0 Å². The zero-order valence-corrected chi connectivity index (χ0v) is 14.1. The Morgan fingerprint density at radius 3 is 2.55 bits per heavy atom. The van der Waals surface area contributed by atoms with Crippen LogP contribution in [-0.4, -0.2) is 18.0 Å². The van der Waals surface area contributed by atoms with E-state index in [9.17, 15) is 4.79 Å². The number of methoxy groups -OCH3 is 1. The highest BCUT2D eigenvalue weighted by atomic mass is 79.9. The number of ether oxygens (including phenoxy) is 1. The van der Waals surface area contributed by atoms with Crippen LogP contribution in [0.3, 0.4) is 0 Å². The van der Waals surface area contributed by atoms with Gasteiger partial charge in [-0.25, -0.2) is 0 Å². The lowest BCUT2D eigenvalue weighted by atomic mass is 10.1. The molecule has 0 aliphatic rings. The molecule has 0 atom stereocenters. The van der Waals surface area contributed by atoms with Gasteiger partial charge in [-0.1, -0.05) is 28.1 Å². The van der Waals surface area contributed by atoms with Crippen LogP contribution in [0.2, 0.25) is 0 Å². The Kier molecular flexibility index (Phi) is 4.03. The van der Waals surface area contributed by atoms with Gasteiger partial charge in [-0.3, -0.25) is 4.79 Å². The average Bonchev–Trinajstić information content (AvgIpc) is 2.80. The first kappa shape index (κ1) is 14.9. The molecular weight excluding hydrogens is 342 g/mol. The van der Waals surface area contributed by atoms with Gasteiger partial charge in [-0.15, -0.1) is 0 Å². The summed E-state index contributed by atoms with van der Waals surface area (Å²) in [7, 11) is 1.63. The Morgan fingerprint density at radius 2 is 1.91 bits per heavy atom. The van der Waals surface area contributed by atoms with E-state index in [0.717, 1.165) is 45.2 Å². The van der Waals surface area contributed by atoms with Crippen LogP contribution in [0.1, 0.15) is 21.6 Å². The minimum absolute atomic E-state index is 0.728. The number of carbonyl (C=O) groups is 1. The van der Waals surface area contributed by atoms with Crippen LogP contribution in [0.4, 0.5) is 0 Å². The van der Waals surface area contributed by atoms with Crippen molar-refractivity contribution in [3.8, 4) is 5.75 Å². The van der Waals surface area contributed by atoms with Crippen molar-refractivity contribution in [2.45, 2.75) is 13.5 Å². The number of carbonyl (C=O) groups excluding carboxylic acids is 1. The minimum atomic E-state index is 0.728. The summed E-state index contributed by atoms with van der Waals surface area (Å²) in [6, 6.07) is 14.1. The lowest BCUT2D eigenvalue weighted by Crippen LogP contribution is -2.02. The number of nitrogens with zero attached hydrogens (tertiary/aromatic N) is 1. The van der Waals surface area contributed by atoms with E-state index in [1.54, 1.807) is 7.11 Å². The molecule has 1 heterocycles. The van der Waals surface area contributed by atoms with Crippen molar-refractivity contribution in [1.82, 2.24) is 4.57 Å². The number of aldehydes is 1. The van der Waals surface area contributed by atoms with E-state index in [0.29, 0.717) is 0 Å². The molecule has 112 valence electrons. The van der Waals surface area contributed by atoms with Crippen LogP contribution < -0.4 is 4.74 Å². The molecule has 0 spiro atoms. The van der Waals surface area contributed by atoms with E-state index in [2.05, 4.69) is 32.6 Å². The van der Waals surface area contributed by atoms with Crippen molar-refractivity contribution in [3.05, 3.63) is 63.8 Å². The van der Waals surface area contributed by atoms with Gasteiger partial charge in [0.05, 0.1) is 7.11 Å². The number of benzene rings is 2. The number of hydrogen-bond donors (Lipinski definition) is 0. The lowest BCUT2D eigenvalue weighted by Gasteiger charge is -2.09. The second-order valence-electron chi connectivity index (χ2n) is 5.21. The van der Waals surface area contributed by atoms with Gasteiger partial charge in [0.15, 0.2) is 6.29 Å². The van der Waals surface area contributed by atoms with E-state index in [-0.39, 0.29) is 0 Å². The smallest absolute Gasteiger partial charge is 0.152 e. The van der Waals surface area contributed by atoms with Gasteiger partial charge in [0.25, 0.3) is 0 Å². The van der Waals surface area contributed by atoms with Gasteiger partial charge < -0.3 is 9.30 Å². The normalized spacial score (nSPS) is 10.9. The summed E-state index contributed by atoms with van der Waals surface area (Å²) in [5.41, 5.74) is 3.94. The number of halogens is 1. The molecule has 3 aromatic rings. The van der Waals surface area contributed by atoms with E-state index in [4.69, 9.17) is 4.74 Å². The molecule has 0 saturated heterocycles. The molecule has 3 rings (SSSR count). The molecule has 2 aromatic carbocycles. The summed E-state index contributed by atoms with van der Waals surface area (Å²) in [6.45, 7) is 2.71. The summed E-state index contributed by atoms with van der Waals surface area (Å²) in [4.78, 5) is 11.5. The third-order valence-electron chi connectivity index (χ3n) is 3.95. The quantitative estimate of drug-likeness (QED) is 0.639. The largest absolute Gasteiger partial charge is 0.497 e. The summed E-state index contributed by atoms with van der Waals surface area (Å²) in [6.07, 6.45) is 0.926. The van der Waals surface area contributed by atoms with Crippen LogP contribution in [0.25, 0.3) is 10.9 Å². The number of hydrogen-bond acceptors (Lipinski definition) is 2. The van der Waals surface area contributed by atoms with Crippen molar-refractivity contribution in [1.29, 1.82) is 0 Å². The zero-order chi connectivity index (χ0) is 15.7. The summed E-state index contributed by atoms with van der Waals surface area (Å²) in [5, 5.41) is 0.934. The van der Waals surface area contributed by atoms with Gasteiger partial charge in [0, 0.05) is 33.2 Å². The second-order valence-corrected chi connectivity index (χ2v) is 6.13. The van der Waals surface area contributed by atoms with E-state index in [1.165, 1.54) is 5.56 Å². The first-order valence-corrected chi connectivity index (χ1v) is 7.80. The van der Waals surface area contributed by atoms with E-state index < -0.39 is 0 Å². The predicted octanol–water partition coefficient (Wildman–Crippen LogP) is 4.58. The van der Waals surface area contributed by atoms with Crippen molar-refractivity contribution >= 4 is 33.1 Å². The van der Waals surface area contributed by atoms with Crippen molar-refractivity contribution < 1.29 is 9.53 Å². The van der Waals surface area contributed by atoms with Crippen molar-refractivity contribution in [2.24, 2.45) is 0 Å². The third kappa shape index (κ3) is 2.55. The maximum absolute atomic E-state index is 11.5. The van der Waals surface area contributed by atoms with Crippen LogP contribution in [-0.2, 0) is 6.54 Å². The van der Waals surface area contributed by atoms with E-state index in [1.807, 2.05) is 37.3 Å². The van der Waals surface area contributed by atoms with Gasteiger partial charge in [-0.05, 0) is 42.8 Å². The summed E-state index contributed by atoms with van der Waals surface area (Å²) in [5.74, 6) is 0.761. The molecule has 0 unspecified atom stereocenters. The summed E-state index contributed by atoms with van der Waals surface area (Å²) < 4.78 is 8.50. The number of rotatable bonds is 4. The Bertz CT molecular complexity index is 834. The molecule has 0 N–H and O–H groups in total. The first-order chi connectivity index (χ1) is 10.6. The molecule has 0 saturated carbocycles. The van der Waals surface area contributed by atoms with Gasteiger partial charge in [0.2, 0.25) is 0 Å². The first-order valence-electron chi connectivity index (χ1n) is 7.00. The summed E-state index contributed by atoms with van der Waals surface area (Å²) >= 11 is 3.45. The highest BCUT2D eigenvalue weighted by molar-refractivity contribution is 9.10. The van der Waals surface area contributed by atoms with Crippen LogP contribution in [0.15, 0.2) is 46.9 Å². The van der Waals surface area contributed by atoms with Crippen molar-refractivity contribution in [3.63, 3.8) is 0 Å². The lowest BCUT2D eigenvalue weighted by molar-refractivity contribution is 0.112. The second kappa shape index (κ2) is 5.97. The third-order valence-corrected chi connectivity index (χ3v) is 4.48. The molecule has 4 heteroatoms. The Labute approximate surface area is 137 Å². The molecule has 0 amide bonds.